The first kappa shape index (κ1) is 19.9. The van der Waals surface area contributed by atoms with Gasteiger partial charge in [0.15, 0.2) is 0 Å². The van der Waals surface area contributed by atoms with Gasteiger partial charge in [0.05, 0.1) is 5.75 Å². The second-order valence-electron chi connectivity index (χ2n) is 8.22. The maximum atomic E-state index is 11.1. The molecule has 0 saturated carbocycles. The van der Waals surface area contributed by atoms with E-state index in [9.17, 15) is 8.42 Å². The van der Waals surface area contributed by atoms with Gasteiger partial charge in [0.1, 0.15) is 0 Å². The van der Waals surface area contributed by atoms with Crippen molar-refractivity contribution >= 4 is 32.3 Å². The van der Waals surface area contributed by atoms with Gasteiger partial charge in [0.2, 0.25) is 0 Å². The highest BCUT2D eigenvalue weighted by Crippen LogP contribution is 2.53. The highest BCUT2D eigenvalue weighted by Gasteiger charge is 2.46. The van der Waals surface area contributed by atoms with Crippen molar-refractivity contribution in [1.82, 2.24) is 0 Å². The Kier molecular flexibility index (Phi) is 5.13. The molecule has 2 atom stereocenters. The van der Waals surface area contributed by atoms with Gasteiger partial charge in [-0.05, 0) is 54.3 Å². The number of nitrogens with zero attached hydrogens (tertiary/aromatic N) is 1. The minimum absolute atomic E-state index is 0.134. The lowest BCUT2D eigenvalue weighted by Crippen LogP contribution is -2.38. The van der Waals surface area contributed by atoms with E-state index in [0.29, 0.717) is 6.42 Å². The van der Waals surface area contributed by atoms with E-state index in [1.54, 1.807) is 0 Å². The third-order valence-electron chi connectivity index (χ3n) is 6.43. The molecule has 3 aromatic carbocycles. The van der Waals surface area contributed by atoms with Gasteiger partial charge in [-0.3, -0.25) is 4.55 Å². The smallest absolute Gasteiger partial charge is 0.264 e. The minimum Gasteiger partial charge on any atom is -0.337 e. The maximum absolute atomic E-state index is 11.1. The Labute approximate surface area is 172 Å². The molecule has 1 aliphatic heterocycles. The molecule has 0 aromatic heterocycles. The topological polar surface area (TPSA) is 57.6 Å². The molecule has 29 heavy (non-hydrogen) atoms. The van der Waals surface area contributed by atoms with Crippen LogP contribution in [0.1, 0.15) is 38.7 Å². The van der Waals surface area contributed by atoms with Crippen molar-refractivity contribution < 1.29 is 13.0 Å². The second kappa shape index (κ2) is 7.47. The van der Waals surface area contributed by atoms with Crippen LogP contribution in [-0.2, 0) is 15.5 Å². The summed E-state index contributed by atoms with van der Waals surface area (Å²) < 4.78 is 31.3. The molecule has 0 spiro atoms. The minimum atomic E-state index is -3.91. The van der Waals surface area contributed by atoms with Crippen LogP contribution in [0.3, 0.4) is 0 Å². The van der Waals surface area contributed by atoms with Crippen molar-refractivity contribution in [2.75, 3.05) is 10.7 Å². The molecular weight excluding hydrogens is 382 g/mol. The molecule has 0 saturated heterocycles. The molecule has 0 amide bonds. The first-order valence-corrected chi connectivity index (χ1v) is 11.7. The summed E-state index contributed by atoms with van der Waals surface area (Å²) in [5.41, 5.74) is 3.59. The fraction of sp³-hybridized carbons (Fsp3) is 0.333. The largest absolute Gasteiger partial charge is 0.337 e. The molecule has 0 aliphatic carbocycles. The van der Waals surface area contributed by atoms with E-state index in [1.807, 2.05) is 6.07 Å². The fourth-order valence-corrected chi connectivity index (χ4v) is 5.39. The summed E-state index contributed by atoms with van der Waals surface area (Å²) in [5.74, 6) is -0.178. The number of fused-ring (bicyclic) bond motifs is 3. The summed E-state index contributed by atoms with van der Waals surface area (Å²) in [5, 5.41) is 2.48. The normalized spacial score (nSPS) is 21.5. The predicted octanol–water partition coefficient (Wildman–Crippen LogP) is 5.70. The van der Waals surface area contributed by atoms with E-state index in [2.05, 4.69) is 79.4 Å². The van der Waals surface area contributed by atoms with Crippen LogP contribution in [0.4, 0.5) is 11.4 Å². The maximum Gasteiger partial charge on any atom is 0.264 e. The van der Waals surface area contributed by atoms with Crippen molar-refractivity contribution in [3.8, 4) is 0 Å². The van der Waals surface area contributed by atoms with Crippen molar-refractivity contribution in [2.45, 2.75) is 44.6 Å². The standard InChI is InChI=1S/C24H27NO3S/c1-18-24(2,16-8-9-17-29(26,27)28)23-21-13-7-6-10-19(21)14-15-22(23)25(18)20-11-4-3-5-12-20/h3-7,10-15,18H,8-9,16-17H2,1-2H3,(H,26,27,28). The van der Waals surface area contributed by atoms with E-state index in [-0.39, 0.29) is 17.2 Å². The van der Waals surface area contributed by atoms with Gasteiger partial charge < -0.3 is 4.90 Å². The third kappa shape index (κ3) is 3.65. The number of rotatable bonds is 6. The monoisotopic (exact) mass is 409 g/mol. The van der Waals surface area contributed by atoms with Gasteiger partial charge in [-0.15, -0.1) is 0 Å². The molecule has 0 fully saturated rings. The Morgan fingerprint density at radius 1 is 0.966 bits per heavy atom. The van der Waals surface area contributed by atoms with Crippen LogP contribution >= 0.6 is 0 Å². The Balaban J connectivity index is 1.79. The molecule has 0 bridgehead atoms. The Bertz CT molecular complexity index is 1130. The average molecular weight is 410 g/mol. The van der Waals surface area contributed by atoms with Crippen LogP contribution in [0.2, 0.25) is 0 Å². The summed E-state index contributed by atoms with van der Waals surface area (Å²) >= 11 is 0. The second-order valence-corrected chi connectivity index (χ2v) is 9.80. The summed E-state index contributed by atoms with van der Waals surface area (Å²) in [6, 6.07) is 23.5. The lowest BCUT2D eigenvalue weighted by molar-refractivity contribution is 0.377. The number of anilines is 2. The fourth-order valence-electron chi connectivity index (χ4n) is 4.83. The van der Waals surface area contributed by atoms with Crippen LogP contribution in [0.25, 0.3) is 10.8 Å². The molecule has 1 N–H and O–H groups in total. The van der Waals surface area contributed by atoms with Gasteiger partial charge in [0, 0.05) is 22.8 Å². The van der Waals surface area contributed by atoms with Gasteiger partial charge in [-0.2, -0.15) is 8.42 Å². The molecule has 4 nitrogen and oxygen atoms in total. The van der Waals surface area contributed by atoms with E-state index >= 15 is 0 Å². The average Bonchev–Trinajstić information content (AvgIpc) is 2.93. The van der Waals surface area contributed by atoms with Crippen LogP contribution in [0, 0.1) is 0 Å². The zero-order valence-corrected chi connectivity index (χ0v) is 17.7. The summed E-state index contributed by atoms with van der Waals surface area (Å²) in [4.78, 5) is 2.41. The number of hydrogen-bond donors (Lipinski definition) is 1. The van der Waals surface area contributed by atoms with Crippen molar-refractivity contribution in [2.24, 2.45) is 0 Å². The number of unbranched alkanes of at least 4 members (excludes halogenated alkanes) is 1. The molecule has 4 rings (SSSR count). The van der Waals surface area contributed by atoms with E-state index in [1.165, 1.54) is 22.0 Å². The lowest BCUT2D eigenvalue weighted by atomic mass is 9.73. The number of para-hydroxylation sites is 1. The summed E-state index contributed by atoms with van der Waals surface area (Å²) in [6.45, 7) is 4.55. The zero-order valence-electron chi connectivity index (χ0n) is 16.9. The van der Waals surface area contributed by atoms with E-state index in [0.717, 1.165) is 18.5 Å². The molecule has 3 aromatic rings. The molecule has 152 valence electrons. The van der Waals surface area contributed by atoms with Crippen molar-refractivity contribution in [3.63, 3.8) is 0 Å². The summed E-state index contributed by atoms with van der Waals surface area (Å²) in [6.07, 6.45) is 2.06. The highest BCUT2D eigenvalue weighted by atomic mass is 32.2. The lowest BCUT2D eigenvalue weighted by Gasteiger charge is -2.35. The van der Waals surface area contributed by atoms with Gasteiger partial charge in [0.25, 0.3) is 10.1 Å². The van der Waals surface area contributed by atoms with Crippen LogP contribution in [-0.4, -0.2) is 24.8 Å². The van der Waals surface area contributed by atoms with Gasteiger partial charge >= 0.3 is 0 Å². The third-order valence-corrected chi connectivity index (χ3v) is 7.23. The van der Waals surface area contributed by atoms with Gasteiger partial charge in [-0.1, -0.05) is 61.9 Å². The van der Waals surface area contributed by atoms with E-state index < -0.39 is 10.1 Å². The number of benzene rings is 3. The predicted molar refractivity (Wildman–Crippen MR) is 120 cm³/mol. The van der Waals surface area contributed by atoms with Crippen LogP contribution in [0.15, 0.2) is 66.7 Å². The Morgan fingerprint density at radius 2 is 1.66 bits per heavy atom. The Hall–Kier alpha value is -2.37. The quantitative estimate of drug-likeness (QED) is 0.419. The first-order valence-electron chi connectivity index (χ1n) is 10.1. The molecule has 5 heteroatoms. The molecule has 0 radical (unpaired) electrons. The molecule has 2 unspecified atom stereocenters. The van der Waals surface area contributed by atoms with Crippen molar-refractivity contribution in [3.05, 3.63) is 72.3 Å². The Morgan fingerprint density at radius 3 is 2.38 bits per heavy atom. The summed E-state index contributed by atoms with van der Waals surface area (Å²) in [7, 11) is -3.91. The SMILES string of the molecule is CC1N(c2ccccc2)c2ccc3ccccc3c2C1(C)CCCCS(=O)(=O)O. The van der Waals surface area contributed by atoms with Crippen LogP contribution in [0.5, 0.6) is 0 Å². The number of hydrogen-bond acceptors (Lipinski definition) is 3. The molecule has 1 heterocycles. The highest BCUT2D eigenvalue weighted by molar-refractivity contribution is 7.85. The molecular formula is C24H27NO3S. The van der Waals surface area contributed by atoms with Crippen molar-refractivity contribution in [1.29, 1.82) is 0 Å². The van der Waals surface area contributed by atoms with Crippen LogP contribution < -0.4 is 4.90 Å². The first-order chi connectivity index (χ1) is 13.8. The van der Waals surface area contributed by atoms with Gasteiger partial charge in [-0.25, -0.2) is 0 Å². The zero-order chi connectivity index (χ0) is 20.6. The van der Waals surface area contributed by atoms with E-state index in [4.69, 9.17) is 4.55 Å². The molecule has 1 aliphatic rings.